The van der Waals surface area contributed by atoms with E-state index < -0.39 is 0 Å². The molecule has 0 fully saturated rings. The Morgan fingerprint density at radius 3 is 2.88 bits per heavy atom. The van der Waals surface area contributed by atoms with E-state index in [1.165, 1.54) is 23.1 Å². The van der Waals surface area contributed by atoms with Gasteiger partial charge in [0.05, 0.1) is 5.75 Å². The summed E-state index contributed by atoms with van der Waals surface area (Å²) in [6.07, 6.45) is 0. The first kappa shape index (κ1) is 16.8. The summed E-state index contributed by atoms with van der Waals surface area (Å²) in [5.41, 5.74) is 1.01. The van der Waals surface area contributed by atoms with Crippen LogP contribution in [0.5, 0.6) is 11.5 Å². The third kappa shape index (κ3) is 4.09. The molecule has 0 atom stereocenters. The van der Waals surface area contributed by atoms with Gasteiger partial charge in [0.1, 0.15) is 13.2 Å². The lowest BCUT2D eigenvalue weighted by molar-refractivity contribution is -0.127. The Kier molecular flexibility index (Phi) is 5.41. The van der Waals surface area contributed by atoms with Gasteiger partial charge in [-0.1, -0.05) is 29.2 Å². The largest absolute Gasteiger partial charge is 0.486 e. The summed E-state index contributed by atoms with van der Waals surface area (Å²) in [5.74, 6) is 1.86. The summed E-state index contributed by atoms with van der Waals surface area (Å²) in [5, 5.41) is 11.6. The van der Waals surface area contributed by atoms with E-state index >= 15 is 0 Å². The van der Waals surface area contributed by atoms with Crippen LogP contribution in [0.15, 0.2) is 22.5 Å². The molecule has 1 N–H and O–H groups in total. The zero-order valence-electron chi connectivity index (χ0n) is 13.4. The minimum absolute atomic E-state index is 0.0381. The number of aromatic nitrogens is 2. The second-order valence-corrected chi connectivity index (χ2v) is 7.34. The Morgan fingerprint density at radius 1 is 1.33 bits per heavy atom. The zero-order valence-corrected chi connectivity index (χ0v) is 15.1. The number of ether oxygens (including phenoxy) is 2. The van der Waals surface area contributed by atoms with Crippen molar-refractivity contribution in [2.24, 2.45) is 0 Å². The molecule has 1 aliphatic heterocycles. The number of carbonyl (C=O) groups excluding carboxylic acids is 1. The highest BCUT2D eigenvalue weighted by atomic mass is 32.2. The van der Waals surface area contributed by atoms with Gasteiger partial charge in [0.15, 0.2) is 15.8 Å². The quantitative estimate of drug-likeness (QED) is 0.785. The summed E-state index contributed by atoms with van der Waals surface area (Å²) in [6.45, 7) is 1.65. The monoisotopic (exact) mass is 366 g/mol. The molecule has 0 radical (unpaired) electrons. The number of nitrogens with zero attached hydrogens (tertiary/aromatic N) is 3. The van der Waals surface area contributed by atoms with Gasteiger partial charge < -0.3 is 19.7 Å². The number of nitrogens with one attached hydrogen (secondary N) is 1. The van der Waals surface area contributed by atoms with Crippen LogP contribution >= 0.6 is 23.1 Å². The Hall–Kier alpha value is -2.00. The van der Waals surface area contributed by atoms with Crippen LogP contribution in [-0.4, -0.2) is 54.1 Å². The molecule has 0 saturated carbocycles. The van der Waals surface area contributed by atoms with Crippen LogP contribution < -0.4 is 14.8 Å². The summed E-state index contributed by atoms with van der Waals surface area (Å²) in [4.78, 5) is 14.0. The highest BCUT2D eigenvalue weighted by Gasteiger charge is 2.15. The Labute approximate surface area is 148 Å². The number of benzene rings is 1. The first-order valence-electron chi connectivity index (χ1n) is 7.42. The van der Waals surface area contributed by atoms with Crippen LogP contribution in [0, 0.1) is 0 Å². The Bertz CT molecular complexity index is 722. The average Bonchev–Trinajstić information content (AvgIpc) is 3.07. The van der Waals surface area contributed by atoms with Crippen LogP contribution in [0.3, 0.4) is 0 Å². The Morgan fingerprint density at radius 2 is 2.12 bits per heavy atom. The highest BCUT2D eigenvalue weighted by molar-refractivity contribution is 8.01. The standard InChI is InChI=1S/C15H18N4O3S2/c1-16-14-17-18-15(24-14)23-9-13(20)19(2)8-10-3-4-11-12(7-10)22-6-5-21-11/h3-4,7H,5-6,8-9H2,1-2H3,(H,16,17). The molecular weight excluding hydrogens is 348 g/mol. The van der Waals surface area contributed by atoms with Crippen molar-refractivity contribution >= 4 is 34.1 Å². The molecule has 24 heavy (non-hydrogen) atoms. The molecule has 0 bridgehead atoms. The predicted molar refractivity (Wildman–Crippen MR) is 94.1 cm³/mol. The molecule has 0 aliphatic carbocycles. The molecule has 1 aromatic heterocycles. The molecule has 1 aromatic carbocycles. The molecule has 7 nitrogen and oxygen atoms in total. The van der Waals surface area contributed by atoms with E-state index in [1.54, 1.807) is 19.0 Å². The molecule has 2 aromatic rings. The van der Waals surface area contributed by atoms with Gasteiger partial charge in [-0.15, -0.1) is 10.2 Å². The summed E-state index contributed by atoms with van der Waals surface area (Å²) in [6, 6.07) is 5.77. The van der Waals surface area contributed by atoms with Gasteiger partial charge in [-0.3, -0.25) is 4.79 Å². The minimum atomic E-state index is 0.0381. The van der Waals surface area contributed by atoms with Crippen molar-refractivity contribution in [2.75, 3.05) is 38.4 Å². The molecule has 0 saturated heterocycles. The normalized spacial score (nSPS) is 12.8. The van der Waals surface area contributed by atoms with Crippen molar-refractivity contribution in [3.8, 4) is 11.5 Å². The van der Waals surface area contributed by atoms with E-state index in [0.29, 0.717) is 25.5 Å². The molecule has 0 spiro atoms. The van der Waals surface area contributed by atoms with E-state index in [1.807, 2.05) is 18.2 Å². The smallest absolute Gasteiger partial charge is 0.233 e. The zero-order chi connectivity index (χ0) is 16.9. The number of fused-ring (bicyclic) bond motifs is 1. The second kappa shape index (κ2) is 7.71. The average molecular weight is 366 g/mol. The first-order chi connectivity index (χ1) is 11.7. The summed E-state index contributed by atoms with van der Waals surface area (Å²) in [7, 11) is 3.58. The molecule has 2 heterocycles. The van der Waals surface area contributed by atoms with E-state index in [9.17, 15) is 4.79 Å². The van der Waals surface area contributed by atoms with Crippen LogP contribution in [0.2, 0.25) is 0 Å². The number of carbonyl (C=O) groups is 1. The fraction of sp³-hybridized carbons (Fsp3) is 0.400. The SMILES string of the molecule is CNc1nnc(SCC(=O)N(C)Cc2ccc3c(c2)OCCO3)s1. The lowest BCUT2D eigenvalue weighted by Gasteiger charge is -2.21. The molecule has 128 valence electrons. The third-order valence-electron chi connectivity index (χ3n) is 3.39. The van der Waals surface area contributed by atoms with Crippen LogP contribution in [0.4, 0.5) is 5.13 Å². The third-order valence-corrected chi connectivity index (χ3v) is 5.45. The molecule has 0 unspecified atom stereocenters. The topological polar surface area (TPSA) is 76.6 Å². The lowest BCUT2D eigenvalue weighted by Crippen LogP contribution is -2.27. The van der Waals surface area contributed by atoms with Gasteiger partial charge in [0, 0.05) is 20.6 Å². The van der Waals surface area contributed by atoms with E-state index in [2.05, 4.69) is 15.5 Å². The van der Waals surface area contributed by atoms with Crippen molar-refractivity contribution in [2.45, 2.75) is 10.9 Å². The molecule has 1 amide bonds. The van der Waals surface area contributed by atoms with Gasteiger partial charge in [-0.05, 0) is 17.7 Å². The summed E-state index contributed by atoms with van der Waals surface area (Å²) >= 11 is 2.83. The number of rotatable bonds is 6. The van der Waals surface area contributed by atoms with Crippen LogP contribution in [0.25, 0.3) is 0 Å². The molecule has 1 aliphatic rings. The summed E-state index contributed by atoms with van der Waals surface area (Å²) < 4.78 is 11.9. The van der Waals surface area contributed by atoms with E-state index in [0.717, 1.165) is 26.5 Å². The van der Waals surface area contributed by atoms with Crippen molar-refractivity contribution in [3.63, 3.8) is 0 Å². The fourth-order valence-electron chi connectivity index (χ4n) is 2.15. The molecule has 3 rings (SSSR count). The number of hydrogen-bond donors (Lipinski definition) is 1. The second-order valence-electron chi connectivity index (χ2n) is 5.14. The van der Waals surface area contributed by atoms with Gasteiger partial charge >= 0.3 is 0 Å². The first-order valence-corrected chi connectivity index (χ1v) is 9.22. The number of anilines is 1. The maximum absolute atomic E-state index is 12.3. The van der Waals surface area contributed by atoms with E-state index in [-0.39, 0.29) is 5.91 Å². The van der Waals surface area contributed by atoms with Crippen molar-refractivity contribution in [1.29, 1.82) is 0 Å². The molecular formula is C15H18N4O3S2. The van der Waals surface area contributed by atoms with Gasteiger partial charge in [0.2, 0.25) is 11.0 Å². The van der Waals surface area contributed by atoms with Gasteiger partial charge in [-0.2, -0.15) is 0 Å². The molecule has 9 heteroatoms. The van der Waals surface area contributed by atoms with Crippen LogP contribution in [0.1, 0.15) is 5.56 Å². The highest BCUT2D eigenvalue weighted by Crippen LogP contribution is 2.31. The maximum atomic E-state index is 12.3. The Balaban J connectivity index is 1.54. The number of thioether (sulfide) groups is 1. The predicted octanol–water partition coefficient (Wildman–Crippen LogP) is 2.10. The van der Waals surface area contributed by atoms with Gasteiger partial charge in [0.25, 0.3) is 0 Å². The fourth-order valence-corrected chi connectivity index (χ4v) is 3.80. The number of hydrogen-bond acceptors (Lipinski definition) is 8. The van der Waals surface area contributed by atoms with Crippen molar-refractivity contribution in [3.05, 3.63) is 23.8 Å². The number of amides is 1. The van der Waals surface area contributed by atoms with E-state index in [4.69, 9.17) is 9.47 Å². The van der Waals surface area contributed by atoms with Crippen molar-refractivity contribution < 1.29 is 14.3 Å². The van der Waals surface area contributed by atoms with Crippen molar-refractivity contribution in [1.82, 2.24) is 15.1 Å². The lowest BCUT2D eigenvalue weighted by atomic mass is 10.2. The maximum Gasteiger partial charge on any atom is 0.233 e. The van der Waals surface area contributed by atoms with Gasteiger partial charge in [-0.25, -0.2) is 0 Å². The minimum Gasteiger partial charge on any atom is -0.486 e. The van der Waals surface area contributed by atoms with Crippen LogP contribution in [-0.2, 0) is 11.3 Å².